The Hall–Kier alpha value is -1.02. The van der Waals surface area contributed by atoms with Crippen molar-refractivity contribution in [3.63, 3.8) is 0 Å². The van der Waals surface area contributed by atoms with E-state index >= 15 is 0 Å². The second-order valence-electron chi connectivity index (χ2n) is 4.78. The summed E-state index contributed by atoms with van der Waals surface area (Å²) in [5.41, 5.74) is 1.97. The Morgan fingerprint density at radius 1 is 1.39 bits per heavy atom. The molecule has 1 aromatic rings. The maximum atomic E-state index is 12.6. The lowest BCUT2D eigenvalue weighted by Gasteiger charge is -2.37. The summed E-state index contributed by atoms with van der Waals surface area (Å²) in [6.07, 6.45) is 4.36. The van der Waals surface area contributed by atoms with Crippen molar-refractivity contribution in [2.75, 3.05) is 12.4 Å². The van der Waals surface area contributed by atoms with E-state index in [9.17, 15) is 4.79 Å². The topological polar surface area (TPSA) is 20.3 Å². The number of carbonyl (C=O) groups is 1. The van der Waals surface area contributed by atoms with Crippen LogP contribution in [0.5, 0.6) is 0 Å². The highest BCUT2D eigenvalue weighted by molar-refractivity contribution is 6.18. The van der Waals surface area contributed by atoms with Gasteiger partial charge in [-0.25, -0.2) is 0 Å². The number of alkyl halides is 1. The summed E-state index contributed by atoms with van der Waals surface area (Å²) < 4.78 is 0. The van der Waals surface area contributed by atoms with Crippen LogP contribution in [-0.2, 0) is 6.42 Å². The van der Waals surface area contributed by atoms with E-state index in [4.69, 9.17) is 11.6 Å². The first-order valence-corrected chi connectivity index (χ1v) is 7.26. The minimum absolute atomic E-state index is 0.151. The molecule has 0 aromatic heterocycles. The Balaban J connectivity index is 2.21. The molecule has 1 aromatic carbocycles. The maximum absolute atomic E-state index is 12.6. The van der Waals surface area contributed by atoms with Crippen LogP contribution in [0, 0.1) is 0 Å². The SMILES string of the molecule is CCc1ccccc1C(=O)N(CCCl)C1CCC1. The molecule has 1 aliphatic rings. The van der Waals surface area contributed by atoms with Crippen molar-refractivity contribution >= 4 is 17.5 Å². The molecule has 1 fully saturated rings. The molecule has 0 atom stereocenters. The van der Waals surface area contributed by atoms with Crippen LogP contribution in [0.1, 0.15) is 42.1 Å². The van der Waals surface area contributed by atoms with E-state index in [0.717, 1.165) is 30.4 Å². The first-order chi connectivity index (χ1) is 8.77. The Morgan fingerprint density at radius 3 is 2.67 bits per heavy atom. The second-order valence-corrected chi connectivity index (χ2v) is 5.16. The fourth-order valence-corrected chi connectivity index (χ4v) is 2.61. The lowest BCUT2D eigenvalue weighted by atomic mass is 9.90. The fourth-order valence-electron chi connectivity index (χ4n) is 2.43. The van der Waals surface area contributed by atoms with Gasteiger partial charge in [0.1, 0.15) is 0 Å². The van der Waals surface area contributed by atoms with Crippen LogP contribution in [0.3, 0.4) is 0 Å². The average Bonchev–Trinajstić information content (AvgIpc) is 2.35. The number of amides is 1. The third kappa shape index (κ3) is 2.69. The highest BCUT2D eigenvalue weighted by atomic mass is 35.5. The molecular formula is C15H20ClNO. The van der Waals surface area contributed by atoms with Gasteiger partial charge in [-0.2, -0.15) is 0 Å². The zero-order valence-corrected chi connectivity index (χ0v) is 11.6. The average molecular weight is 266 g/mol. The van der Waals surface area contributed by atoms with E-state index in [-0.39, 0.29) is 5.91 Å². The summed E-state index contributed by atoms with van der Waals surface area (Å²) in [5, 5.41) is 0. The van der Waals surface area contributed by atoms with Crippen LogP contribution in [0.15, 0.2) is 24.3 Å². The molecule has 1 aliphatic carbocycles. The largest absolute Gasteiger partial charge is 0.334 e. The van der Waals surface area contributed by atoms with Gasteiger partial charge in [0.15, 0.2) is 0 Å². The smallest absolute Gasteiger partial charge is 0.254 e. The molecule has 1 amide bonds. The van der Waals surface area contributed by atoms with Crippen molar-refractivity contribution in [2.24, 2.45) is 0 Å². The first-order valence-electron chi connectivity index (χ1n) is 6.72. The van der Waals surface area contributed by atoms with Crippen molar-refractivity contribution < 1.29 is 4.79 Å². The lowest BCUT2D eigenvalue weighted by molar-refractivity contribution is 0.0597. The fraction of sp³-hybridized carbons (Fsp3) is 0.533. The zero-order chi connectivity index (χ0) is 13.0. The monoisotopic (exact) mass is 265 g/mol. The number of hydrogen-bond acceptors (Lipinski definition) is 1. The van der Waals surface area contributed by atoms with Gasteiger partial charge in [-0.15, -0.1) is 11.6 Å². The predicted octanol–water partition coefficient (Wildman–Crippen LogP) is 3.48. The van der Waals surface area contributed by atoms with E-state index in [1.165, 1.54) is 6.42 Å². The van der Waals surface area contributed by atoms with E-state index < -0.39 is 0 Å². The Morgan fingerprint density at radius 2 is 2.11 bits per heavy atom. The van der Waals surface area contributed by atoms with Gasteiger partial charge < -0.3 is 4.90 Å². The van der Waals surface area contributed by atoms with Crippen LogP contribution < -0.4 is 0 Å². The summed E-state index contributed by atoms with van der Waals surface area (Å²) in [7, 11) is 0. The maximum Gasteiger partial charge on any atom is 0.254 e. The van der Waals surface area contributed by atoms with Crippen LogP contribution in [0.2, 0.25) is 0 Å². The highest BCUT2D eigenvalue weighted by Crippen LogP contribution is 2.26. The molecule has 0 unspecified atom stereocenters. The molecule has 0 N–H and O–H groups in total. The van der Waals surface area contributed by atoms with Gasteiger partial charge in [0.05, 0.1) is 0 Å². The van der Waals surface area contributed by atoms with E-state index in [0.29, 0.717) is 18.5 Å². The van der Waals surface area contributed by atoms with Crippen molar-refractivity contribution in [2.45, 2.75) is 38.6 Å². The molecule has 0 spiro atoms. The molecule has 3 heteroatoms. The number of benzene rings is 1. The van der Waals surface area contributed by atoms with Gasteiger partial charge in [-0.05, 0) is 37.3 Å². The van der Waals surface area contributed by atoms with E-state index in [1.54, 1.807) is 0 Å². The number of rotatable bonds is 5. The number of halogens is 1. The Labute approximate surface area is 114 Å². The van der Waals surface area contributed by atoms with E-state index in [1.807, 2.05) is 29.2 Å². The normalized spacial score (nSPS) is 15.2. The molecule has 1 saturated carbocycles. The van der Waals surface area contributed by atoms with E-state index in [2.05, 4.69) is 6.92 Å². The first kappa shape index (κ1) is 13.4. The second kappa shape index (κ2) is 6.24. The number of carbonyl (C=O) groups excluding carboxylic acids is 1. The van der Waals surface area contributed by atoms with Gasteiger partial charge in [0.2, 0.25) is 0 Å². The molecule has 0 bridgehead atoms. The van der Waals surface area contributed by atoms with Gasteiger partial charge in [-0.1, -0.05) is 25.1 Å². The Kier molecular flexibility index (Phi) is 4.65. The zero-order valence-electron chi connectivity index (χ0n) is 10.9. The third-order valence-electron chi connectivity index (χ3n) is 3.73. The molecule has 98 valence electrons. The number of aryl methyl sites for hydroxylation is 1. The minimum atomic E-state index is 0.151. The molecule has 0 radical (unpaired) electrons. The van der Waals surface area contributed by atoms with Gasteiger partial charge in [0, 0.05) is 24.0 Å². The molecule has 0 saturated heterocycles. The van der Waals surface area contributed by atoms with Gasteiger partial charge in [0.25, 0.3) is 5.91 Å². The number of hydrogen-bond donors (Lipinski definition) is 0. The number of nitrogens with zero attached hydrogens (tertiary/aromatic N) is 1. The summed E-state index contributed by atoms with van der Waals surface area (Å²) >= 11 is 5.83. The molecule has 2 rings (SSSR count). The summed E-state index contributed by atoms with van der Waals surface area (Å²) in [6, 6.07) is 8.30. The standard InChI is InChI=1S/C15H20ClNO/c1-2-12-6-3-4-9-14(12)15(18)17(11-10-16)13-7-5-8-13/h3-4,6,9,13H,2,5,7-8,10-11H2,1H3. The molecule has 18 heavy (non-hydrogen) atoms. The van der Waals surface area contributed by atoms with Crippen molar-refractivity contribution in [3.05, 3.63) is 35.4 Å². The summed E-state index contributed by atoms with van der Waals surface area (Å²) in [6.45, 7) is 2.74. The van der Waals surface area contributed by atoms with Gasteiger partial charge >= 0.3 is 0 Å². The van der Waals surface area contributed by atoms with Crippen LogP contribution in [-0.4, -0.2) is 29.3 Å². The third-order valence-corrected chi connectivity index (χ3v) is 3.90. The summed E-state index contributed by atoms with van der Waals surface area (Å²) in [4.78, 5) is 14.6. The van der Waals surface area contributed by atoms with Gasteiger partial charge in [-0.3, -0.25) is 4.79 Å². The Bertz CT molecular complexity index is 415. The van der Waals surface area contributed by atoms with Crippen molar-refractivity contribution in [3.8, 4) is 0 Å². The minimum Gasteiger partial charge on any atom is -0.334 e. The van der Waals surface area contributed by atoms with Crippen LogP contribution in [0.25, 0.3) is 0 Å². The molecular weight excluding hydrogens is 246 g/mol. The molecule has 2 nitrogen and oxygen atoms in total. The molecule has 0 heterocycles. The highest BCUT2D eigenvalue weighted by Gasteiger charge is 2.29. The van der Waals surface area contributed by atoms with Crippen LogP contribution >= 0.6 is 11.6 Å². The summed E-state index contributed by atoms with van der Waals surface area (Å²) in [5.74, 6) is 0.661. The predicted molar refractivity (Wildman–Crippen MR) is 75.2 cm³/mol. The quantitative estimate of drug-likeness (QED) is 0.747. The molecule has 0 aliphatic heterocycles. The van der Waals surface area contributed by atoms with Crippen LogP contribution in [0.4, 0.5) is 0 Å². The lowest BCUT2D eigenvalue weighted by Crippen LogP contribution is -2.45. The van der Waals surface area contributed by atoms with Crippen molar-refractivity contribution in [1.29, 1.82) is 0 Å². The van der Waals surface area contributed by atoms with Crippen molar-refractivity contribution in [1.82, 2.24) is 4.90 Å².